The van der Waals surface area contributed by atoms with Gasteiger partial charge in [0.15, 0.2) is 0 Å². The van der Waals surface area contributed by atoms with Crippen LogP contribution in [0.5, 0.6) is 11.6 Å². The SMILES string of the molecule is COC(=O)c1sccc1S(=O)(=O)Nc1ccc(Oc2ccccc2)nc1. The summed E-state index contributed by atoms with van der Waals surface area (Å²) in [5.74, 6) is 0.240. The molecule has 2 aromatic heterocycles. The van der Waals surface area contributed by atoms with Crippen LogP contribution in [-0.2, 0) is 14.8 Å². The van der Waals surface area contributed by atoms with Gasteiger partial charge in [0.2, 0.25) is 5.88 Å². The minimum atomic E-state index is -3.95. The maximum Gasteiger partial charge on any atom is 0.349 e. The van der Waals surface area contributed by atoms with Gasteiger partial charge in [0.05, 0.1) is 19.0 Å². The average molecular weight is 390 g/mol. The lowest BCUT2D eigenvalue weighted by Crippen LogP contribution is -2.15. The van der Waals surface area contributed by atoms with Crippen LogP contribution in [0.25, 0.3) is 0 Å². The van der Waals surface area contributed by atoms with E-state index in [0.29, 0.717) is 11.6 Å². The second-order valence-corrected chi connectivity index (χ2v) is 7.58. The van der Waals surface area contributed by atoms with Crippen molar-refractivity contribution in [3.05, 3.63) is 65.0 Å². The van der Waals surface area contributed by atoms with Gasteiger partial charge in [-0.05, 0) is 29.6 Å². The van der Waals surface area contributed by atoms with Crippen LogP contribution in [0.3, 0.4) is 0 Å². The molecule has 0 aliphatic rings. The highest BCUT2D eigenvalue weighted by molar-refractivity contribution is 7.93. The minimum Gasteiger partial charge on any atom is -0.465 e. The molecule has 0 aliphatic heterocycles. The summed E-state index contributed by atoms with van der Waals surface area (Å²) in [6.07, 6.45) is 1.33. The van der Waals surface area contributed by atoms with Crippen LogP contribution < -0.4 is 9.46 Å². The molecular weight excluding hydrogens is 376 g/mol. The van der Waals surface area contributed by atoms with E-state index in [1.54, 1.807) is 18.2 Å². The van der Waals surface area contributed by atoms with Gasteiger partial charge in [0.25, 0.3) is 10.0 Å². The number of nitrogens with one attached hydrogen (secondary N) is 1. The number of methoxy groups -OCH3 is 1. The minimum absolute atomic E-state index is 0.0111. The Labute approximate surface area is 154 Å². The molecule has 0 unspecified atom stereocenters. The lowest BCUT2D eigenvalue weighted by Gasteiger charge is -2.09. The number of carbonyl (C=O) groups excluding carboxylic acids is 1. The van der Waals surface area contributed by atoms with Crippen molar-refractivity contribution in [3.63, 3.8) is 0 Å². The Morgan fingerprint density at radius 1 is 1.12 bits per heavy atom. The number of para-hydroxylation sites is 1. The topological polar surface area (TPSA) is 94.6 Å². The Bertz CT molecular complexity index is 999. The number of thiophene rings is 1. The molecule has 9 heteroatoms. The fourth-order valence-corrected chi connectivity index (χ4v) is 4.45. The van der Waals surface area contributed by atoms with Crippen molar-refractivity contribution < 1.29 is 22.7 Å². The molecular formula is C17H14N2O5S2. The highest BCUT2D eigenvalue weighted by Crippen LogP contribution is 2.26. The van der Waals surface area contributed by atoms with Crippen molar-refractivity contribution in [3.8, 4) is 11.6 Å². The highest BCUT2D eigenvalue weighted by Gasteiger charge is 2.24. The smallest absolute Gasteiger partial charge is 0.349 e. The predicted molar refractivity (Wildman–Crippen MR) is 97.2 cm³/mol. The first-order valence-corrected chi connectivity index (χ1v) is 9.73. The zero-order valence-electron chi connectivity index (χ0n) is 13.6. The summed E-state index contributed by atoms with van der Waals surface area (Å²) < 4.78 is 37.6. The number of hydrogen-bond acceptors (Lipinski definition) is 7. The van der Waals surface area contributed by atoms with Gasteiger partial charge in [-0.15, -0.1) is 11.3 Å². The number of esters is 1. The molecule has 0 spiro atoms. The summed E-state index contributed by atoms with van der Waals surface area (Å²) in [5.41, 5.74) is 0.243. The van der Waals surface area contributed by atoms with E-state index in [1.807, 2.05) is 18.2 Å². The van der Waals surface area contributed by atoms with Crippen LogP contribution in [0.4, 0.5) is 5.69 Å². The first-order valence-electron chi connectivity index (χ1n) is 7.37. The zero-order chi connectivity index (χ0) is 18.6. The number of ether oxygens (including phenoxy) is 2. The van der Waals surface area contributed by atoms with E-state index in [9.17, 15) is 13.2 Å². The third kappa shape index (κ3) is 4.01. The van der Waals surface area contributed by atoms with Gasteiger partial charge in [-0.2, -0.15) is 0 Å². The Hall–Kier alpha value is -2.91. The van der Waals surface area contributed by atoms with Gasteiger partial charge in [-0.3, -0.25) is 4.72 Å². The molecule has 1 N–H and O–H groups in total. The number of benzene rings is 1. The number of anilines is 1. The van der Waals surface area contributed by atoms with E-state index in [-0.39, 0.29) is 15.5 Å². The Morgan fingerprint density at radius 2 is 1.88 bits per heavy atom. The van der Waals surface area contributed by atoms with Crippen LogP contribution in [0.2, 0.25) is 0 Å². The maximum absolute atomic E-state index is 12.5. The van der Waals surface area contributed by atoms with Crippen LogP contribution >= 0.6 is 11.3 Å². The fourth-order valence-electron chi connectivity index (χ4n) is 2.07. The molecule has 0 radical (unpaired) electrons. The Morgan fingerprint density at radius 3 is 2.54 bits per heavy atom. The number of carbonyl (C=O) groups is 1. The molecule has 0 aliphatic carbocycles. The summed E-state index contributed by atoms with van der Waals surface area (Å²) in [4.78, 5) is 15.6. The summed E-state index contributed by atoms with van der Waals surface area (Å²) in [5, 5.41) is 1.51. The van der Waals surface area contributed by atoms with Gasteiger partial charge < -0.3 is 9.47 Å². The third-order valence-electron chi connectivity index (χ3n) is 3.24. The quantitative estimate of drug-likeness (QED) is 0.647. The number of sulfonamides is 1. The number of nitrogens with zero attached hydrogens (tertiary/aromatic N) is 1. The molecule has 2 heterocycles. The van der Waals surface area contributed by atoms with E-state index in [2.05, 4.69) is 14.4 Å². The van der Waals surface area contributed by atoms with Crippen molar-refractivity contribution in [2.45, 2.75) is 4.90 Å². The van der Waals surface area contributed by atoms with Crippen LogP contribution in [0.1, 0.15) is 9.67 Å². The van der Waals surface area contributed by atoms with Gasteiger partial charge in [0, 0.05) is 6.07 Å². The monoisotopic (exact) mass is 390 g/mol. The second kappa shape index (κ2) is 7.54. The number of aromatic nitrogens is 1. The largest absolute Gasteiger partial charge is 0.465 e. The normalized spacial score (nSPS) is 11.0. The highest BCUT2D eigenvalue weighted by atomic mass is 32.2. The van der Waals surface area contributed by atoms with Crippen LogP contribution in [0, 0.1) is 0 Å². The van der Waals surface area contributed by atoms with Crippen LogP contribution in [0.15, 0.2) is 65.0 Å². The number of hydrogen-bond donors (Lipinski definition) is 1. The van der Waals surface area contributed by atoms with E-state index in [4.69, 9.17) is 4.74 Å². The summed E-state index contributed by atoms with van der Waals surface area (Å²) in [6, 6.07) is 13.5. The molecule has 0 bridgehead atoms. The fraction of sp³-hybridized carbons (Fsp3) is 0.0588. The molecule has 3 aromatic rings. The molecule has 0 saturated heterocycles. The Balaban J connectivity index is 1.76. The molecule has 0 fully saturated rings. The van der Waals surface area contributed by atoms with Crippen molar-refractivity contribution in [2.75, 3.05) is 11.8 Å². The molecule has 134 valence electrons. The van der Waals surface area contributed by atoms with Gasteiger partial charge >= 0.3 is 5.97 Å². The molecule has 26 heavy (non-hydrogen) atoms. The van der Waals surface area contributed by atoms with Crippen molar-refractivity contribution in [1.29, 1.82) is 0 Å². The maximum atomic E-state index is 12.5. The summed E-state index contributed by atoms with van der Waals surface area (Å²) in [6.45, 7) is 0. The molecule has 7 nitrogen and oxygen atoms in total. The standard InChI is InChI=1S/C17H14N2O5S2/c1-23-17(20)16-14(9-10-25-16)26(21,22)19-12-7-8-15(18-11-12)24-13-5-3-2-4-6-13/h2-11,19H,1H3. The molecule has 0 saturated carbocycles. The van der Waals surface area contributed by atoms with Gasteiger partial charge in [-0.25, -0.2) is 18.2 Å². The average Bonchev–Trinajstić information content (AvgIpc) is 3.14. The lowest BCUT2D eigenvalue weighted by atomic mass is 10.3. The Kier molecular flexibility index (Phi) is 5.19. The second-order valence-electron chi connectivity index (χ2n) is 5.01. The molecule has 3 rings (SSSR count). The van der Waals surface area contributed by atoms with Crippen molar-refractivity contribution in [2.24, 2.45) is 0 Å². The first kappa shape index (κ1) is 17.9. The number of rotatable bonds is 6. The van der Waals surface area contributed by atoms with Gasteiger partial charge in [-0.1, -0.05) is 18.2 Å². The van der Waals surface area contributed by atoms with Crippen molar-refractivity contribution in [1.82, 2.24) is 4.98 Å². The molecule has 1 aromatic carbocycles. The van der Waals surface area contributed by atoms with Crippen molar-refractivity contribution >= 4 is 33.0 Å². The molecule has 0 atom stereocenters. The van der Waals surface area contributed by atoms with Crippen LogP contribution in [-0.4, -0.2) is 26.5 Å². The summed E-state index contributed by atoms with van der Waals surface area (Å²) in [7, 11) is -2.75. The molecule has 0 amide bonds. The van der Waals surface area contributed by atoms with E-state index < -0.39 is 16.0 Å². The van der Waals surface area contributed by atoms with E-state index >= 15 is 0 Å². The zero-order valence-corrected chi connectivity index (χ0v) is 15.2. The lowest BCUT2D eigenvalue weighted by molar-refractivity contribution is 0.0602. The predicted octanol–water partition coefficient (Wildman–Crippen LogP) is 3.52. The van der Waals surface area contributed by atoms with E-state index in [0.717, 1.165) is 11.3 Å². The third-order valence-corrected chi connectivity index (χ3v) is 5.69. The van der Waals surface area contributed by atoms with Gasteiger partial charge in [0.1, 0.15) is 15.5 Å². The number of pyridine rings is 1. The van der Waals surface area contributed by atoms with E-state index in [1.165, 1.54) is 30.8 Å². The summed E-state index contributed by atoms with van der Waals surface area (Å²) >= 11 is 0.994. The first-order chi connectivity index (χ1) is 12.5.